The van der Waals surface area contributed by atoms with Crippen LogP contribution in [-0.2, 0) is 14.3 Å². The molecule has 1 fully saturated rings. The van der Waals surface area contributed by atoms with Crippen molar-refractivity contribution in [3.05, 3.63) is 35.1 Å². The highest BCUT2D eigenvalue weighted by Crippen LogP contribution is 2.25. The average Bonchev–Trinajstić information content (AvgIpc) is 2.44. The fourth-order valence-corrected chi connectivity index (χ4v) is 2.28. The number of ether oxygens (including phenoxy) is 2. The number of rotatable bonds is 3. The van der Waals surface area contributed by atoms with Gasteiger partial charge in [0.05, 0.1) is 20.3 Å². The molecule has 1 aromatic carbocycles. The number of esters is 1. The second kappa shape index (κ2) is 6.12. The Morgan fingerprint density at radius 3 is 2.68 bits per heavy atom. The molecule has 0 N–H and O–H groups in total. The summed E-state index contributed by atoms with van der Waals surface area (Å²) in [7, 11) is 1.37. The van der Waals surface area contributed by atoms with Gasteiger partial charge in [0.25, 0.3) is 0 Å². The summed E-state index contributed by atoms with van der Waals surface area (Å²) in [5.41, 5.74) is 1.28. The number of halogens is 1. The number of methoxy groups -OCH3 is 1. The molecule has 2 rings (SSSR count). The summed E-state index contributed by atoms with van der Waals surface area (Å²) in [6, 6.07) is 4.24. The van der Waals surface area contributed by atoms with Crippen LogP contribution < -0.4 is 0 Å². The van der Waals surface area contributed by atoms with Crippen molar-refractivity contribution in [2.24, 2.45) is 0 Å². The monoisotopic (exact) mass is 267 g/mol. The van der Waals surface area contributed by atoms with Crippen LogP contribution in [0, 0.1) is 12.7 Å². The lowest BCUT2D eigenvalue weighted by molar-refractivity contribution is -0.149. The van der Waals surface area contributed by atoms with Gasteiger partial charge in [-0.05, 0) is 24.1 Å². The minimum absolute atomic E-state index is 0.269. The van der Waals surface area contributed by atoms with E-state index < -0.39 is 6.04 Å². The third kappa shape index (κ3) is 3.11. The number of aryl methyl sites for hydroxylation is 1. The summed E-state index contributed by atoms with van der Waals surface area (Å²) in [5.74, 6) is -0.595. The molecule has 1 heterocycles. The van der Waals surface area contributed by atoms with Crippen LogP contribution in [0.25, 0.3) is 0 Å². The van der Waals surface area contributed by atoms with Crippen molar-refractivity contribution < 1.29 is 18.7 Å². The summed E-state index contributed by atoms with van der Waals surface area (Å²) in [4.78, 5) is 14.0. The molecule has 5 heteroatoms. The second-order valence-corrected chi connectivity index (χ2v) is 4.58. The van der Waals surface area contributed by atoms with E-state index in [2.05, 4.69) is 0 Å². The molecule has 4 nitrogen and oxygen atoms in total. The molecular formula is C14H18FNO3. The number of benzene rings is 1. The highest BCUT2D eigenvalue weighted by atomic mass is 19.1. The van der Waals surface area contributed by atoms with E-state index in [4.69, 9.17) is 9.47 Å². The van der Waals surface area contributed by atoms with Gasteiger partial charge in [-0.15, -0.1) is 0 Å². The zero-order chi connectivity index (χ0) is 13.8. The maximum absolute atomic E-state index is 13.3. The van der Waals surface area contributed by atoms with Crippen molar-refractivity contribution in [1.29, 1.82) is 0 Å². The van der Waals surface area contributed by atoms with E-state index in [1.54, 1.807) is 19.1 Å². The molecule has 1 saturated heterocycles. The molecule has 1 unspecified atom stereocenters. The molecule has 19 heavy (non-hydrogen) atoms. The highest BCUT2D eigenvalue weighted by molar-refractivity contribution is 5.77. The van der Waals surface area contributed by atoms with Crippen LogP contribution in [-0.4, -0.2) is 44.3 Å². The zero-order valence-corrected chi connectivity index (χ0v) is 11.2. The van der Waals surface area contributed by atoms with Gasteiger partial charge in [0.1, 0.15) is 11.9 Å². The molecule has 0 saturated carbocycles. The molecule has 0 aromatic heterocycles. The van der Waals surface area contributed by atoms with Crippen molar-refractivity contribution in [2.75, 3.05) is 33.4 Å². The summed E-state index contributed by atoms with van der Waals surface area (Å²) in [6.45, 7) is 4.19. The molecule has 1 aliphatic rings. The fourth-order valence-electron chi connectivity index (χ4n) is 2.28. The number of hydrogen-bond acceptors (Lipinski definition) is 4. The van der Waals surface area contributed by atoms with E-state index in [-0.39, 0.29) is 11.8 Å². The lowest BCUT2D eigenvalue weighted by Crippen LogP contribution is -2.42. The summed E-state index contributed by atoms with van der Waals surface area (Å²) in [5, 5.41) is 0. The third-order valence-corrected chi connectivity index (χ3v) is 3.33. The fraction of sp³-hybridized carbons (Fsp3) is 0.500. The molecule has 0 amide bonds. The van der Waals surface area contributed by atoms with E-state index in [9.17, 15) is 9.18 Å². The first-order valence-corrected chi connectivity index (χ1v) is 6.29. The van der Waals surface area contributed by atoms with Crippen LogP contribution in [0.5, 0.6) is 0 Å². The number of morpholine rings is 1. The van der Waals surface area contributed by atoms with Crippen molar-refractivity contribution in [3.63, 3.8) is 0 Å². The molecule has 0 radical (unpaired) electrons. The lowest BCUT2D eigenvalue weighted by Gasteiger charge is -2.33. The Morgan fingerprint density at radius 2 is 2.11 bits per heavy atom. The second-order valence-electron chi connectivity index (χ2n) is 4.58. The van der Waals surface area contributed by atoms with Gasteiger partial charge in [0, 0.05) is 13.1 Å². The van der Waals surface area contributed by atoms with E-state index in [0.717, 1.165) is 5.56 Å². The van der Waals surface area contributed by atoms with E-state index >= 15 is 0 Å². The maximum atomic E-state index is 13.3. The van der Waals surface area contributed by atoms with Gasteiger partial charge in [0.2, 0.25) is 0 Å². The van der Waals surface area contributed by atoms with Crippen LogP contribution in [0.2, 0.25) is 0 Å². The minimum atomic E-state index is -0.492. The SMILES string of the molecule is COC(=O)C(c1ccc(F)c(C)c1)N1CCOCC1. The number of carbonyl (C=O) groups is 1. The Morgan fingerprint density at radius 1 is 1.42 bits per heavy atom. The zero-order valence-electron chi connectivity index (χ0n) is 11.2. The van der Waals surface area contributed by atoms with Crippen molar-refractivity contribution >= 4 is 5.97 Å². The number of carbonyl (C=O) groups excluding carboxylic acids is 1. The molecule has 1 aliphatic heterocycles. The Hall–Kier alpha value is -1.46. The Labute approximate surface area is 112 Å². The molecule has 0 spiro atoms. The average molecular weight is 267 g/mol. The van der Waals surface area contributed by atoms with E-state index in [1.165, 1.54) is 13.2 Å². The Bertz CT molecular complexity index is 458. The van der Waals surface area contributed by atoms with Crippen LogP contribution in [0.15, 0.2) is 18.2 Å². The van der Waals surface area contributed by atoms with Crippen LogP contribution >= 0.6 is 0 Å². The van der Waals surface area contributed by atoms with Crippen LogP contribution in [0.1, 0.15) is 17.2 Å². The largest absolute Gasteiger partial charge is 0.468 e. The van der Waals surface area contributed by atoms with Crippen molar-refractivity contribution in [1.82, 2.24) is 4.90 Å². The summed E-state index contributed by atoms with van der Waals surface area (Å²) >= 11 is 0. The first kappa shape index (κ1) is 14.0. The molecular weight excluding hydrogens is 249 g/mol. The van der Waals surface area contributed by atoms with E-state index in [1.807, 2.05) is 4.90 Å². The van der Waals surface area contributed by atoms with Gasteiger partial charge in [-0.25, -0.2) is 9.18 Å². The van der Waals surface area contributed by atoms with E-state index in [0.29, 0.717) is 31.9 Å². The standard InChI is InChI=1S/C14H18FNO3/c1-10-9-11(3-4-12(10)15)13(14(17)18-2)16-5-7-19-8-6-16/h3-4,9,13H,5-8H2,1-2H3. The first-order valence-electron chi connectivity index (χ1n) is 6.29. The van der Waals surface area contributed by atoms with Crippen molar-refractivity contribution in [3.8, 4) is 0 Å². The lowest BCUT2D eigenvalue weighted by atomic mass is 10.0. The topological polar surface area (TPSA) is 38.8 Å². The van der Waals surface area contributed by atoms with Crippen LogP contribution in [0.4, 0.5) is 4.39 Å². The predicted molar refractivity (Wildman–Crippen MR) is 68.3 cm³/mol. The molecule has 1 aromatic rings. The van der Waals surface area contributed by atoms with Crippen molar-refractivity contribution in [2.45, 2.75) is 13.0 Å². The first-order chi connectivity index (χ1) is 9.13. The van der Waals surface area contributed by atoms with Gasteiger partial charge in [-0.2, -0.15) is 0 Å². The normalized spacial score (nSPS) is 18.1. The van der Waals surface area contributed by atoms with Gasteiger partial charge < -0.3 is 9.47 Å². The Kier molecular flexibility index (Phi) is 4.50. The third-order valence-electron chi connectivity index (χ3n) is 3.33. The Balaban J connectivity index is 2.30. The minimum Gasteiger partial charge on any atom is -0.468 e. The quantitative estimate of drug-likeness (QED) is 0.781. The highest BCUT2D eigenvalue weighted by Gasteiger charge is 2.30. The molecule has 104 valence electrons. The van der Waals surface area contributed by atoms with Gasteiger partial charge >= 0.3 is 5.97 Å². The molecule has 0 aliphatic carbocycles. The predicted octanol–water partition coefficient (Wildman–Crippen LogP) is 1.68. The molecule has 1 atom stereocenters. The maximum Gasteiger partial charge on any atom is 0.327 e. The summed E-state index contributed by atoms with van der Waals surface area (Å²) < 4.78 is 23.5. The molecule has 0 bridgehead atoms. The number of nitrogens with zero attached hydrogens (tertiary/aromatic N) is 1. The smallest absolute Gasteiger partial charge is 0.327 e. The van der Waals surface area contributed by atoms with Gasteiger partial charge in [-0.3, -0.25) is 4.90 Å². The number of hydrogen-bond donors (Lipinski definition) is 0. The summed E-state index contributed by atoms with van der Waals surface area (Å²) in [6.07, 6.45) is 0. The van der Waals surface area contributed by atoms with Gasteiger partial charge in [-0.1, -0.05) is 12.1 Å². The van der Waals surface area contributed by atoms with Crippen LogP contribution in [0.3, 0.4) is 0 Å². The van der Waals surface area contributed by atoms with Gasteiger partial charge in [0.15, 0.2) is 0 Å².